The van der Waals surface area contributed by atoms with Crippen LogP contribution in [0.2, 0.25) is 0 Å². The van der Waals surface area contributed by atoms with Crippen molar-refractivity contribution in [2.75, 3.05) is 0 Å². The third-order valence-corrected chi connectivity index (χ3v) is 5.46. The van der Waals surface area contributed by atoms with Gasteiger partial charge in [-0.15, -0.1) is 0 Å². The Labute approximate surface area is 374 Å². The van der Waals surface area contributed by atoms with Crippen molar-refractivity contribution >= 4 is 7.82 Å². The monoisotopic (exact) mass is 929 g/mol. The average Bonchev–Trinajstić information content (AvgIpc) is 3.35. The minimum absolute atomic E-state index is 0. The summed E-state index contributed by atoms with van der Waals surface area (Å²) in [5, 5.41) is 0. The Bertz CT molecular complexity index is 1340. The van der Waals surface area contributed by atoms with Crippen LogP contribution in [0.4, 0.5) is 0 Å². The van der Waals surface area contributed by atoms with Crippen LogP contribution < -0.4 is 87.8 Å². The van der Waals surface area contributed by atoms with Crippen molar-refractivity contribution in [1.29, 1.82) is 0 Å². The highest BCUT2D eigenvalue weighted by atomic mass is 31.2. The van der Waals surface area contributed by atoms with E-state index in [1.807, 2.05) is 275 Å². The molecule has 0 amide bonds. The van der Waals surface area contributed by atoms with Gasteiger partial charge in [-0.3, -0.25) is 0 Å². The number of pyridine rings is 9. The number of phosphoric acid groups is 1. The zero-order chi connectivity index (χ0) is 42.7. The van der Waals surface area contributed by atoms with Gasteiger partial charge in [-0.25, -0.2) is 44.9 Å². The number of halogens is 6. The third-order valence-electron chi connectivity index (χ3n) is 5.46. The quantitative estimate of drug-likeness (QED) is 0.107. The Morgan fingerprint density at radius 1 is 0.185 bits per heavy atom. The molecule has 9 rings (SSSR count). The van der Waals surface area contributed by atoms with Crippen molar-refractivity contribution in [3.05, 3.63) is 275 Å². The molecule has 0 aliphatic heterocycles. The van der Waals surface area contributed by atoms with Crippen LogP contribution in [0.1, 0.15) is 0 Å². The van der Waals surface area contributed by atoms with E-state index in [2.05, 4.69) is 44.9 Å². The molecule has 9 aromatic heterocycles. The summed E-state index contributed by atoms with van der Waals surface area (Å²) in [6.07, 6.45) is 33.8. The Morgan fingerprint density at radius 2 is 0.246 bits per heavy atom. The van der Waals surface area contributed by atoms with Crippen LogP contribution in [0, 0.1) is 0 Å². The Balaban J connectivity index is -0.000000114. The second kappa shape index (κ2) is 62.7. The fourth-order valence-corrected chi connectivity index (χ4v) is 3.08. The summed E-state index contributed by atoms with van der Waals surface area (Å²) in [5.41, 5.74) is 0. The maximum atomic E-state index is 8.55. The zero-order valence-corrected chi connectivity index (χ0v) is 35.7. The highest BCUT2D eigenvalue weighted by molar-refractivity contribution is 7.40. The lowest BCUT2D eigenvalue weighted by Gasteiger charge is -2.36. The summed E-state index contributed by atoms with van der Waals surface area (Å²) in [6, 6.07) is 52.7. The molecule has 9 aromatic rings. The van der Waals surface area contributed by atoms with Crippen molar-refractivity contribution < 1.29 is 92.3 Å². The molecule has 9 N–H and O–H groups in total. The molecular weight excluding hydrogens is 876 g/mol. The first kappa shape index (κ1) is 71.5. The normalized spacial score (nSPS) is 7.55. The van der Waals surface area contributed by atoms with Crippen molar-refractivity contribution in [2.24, 2.45) is 0 Å². The number of hydrogen-bond acceptors (Lipinski definition) is 4. The van der Waals surface area contributed by atoms with E-state index >= 15 is 0 Å². The van der Waals surface area contributed by atoms with Gasteiger partial charge in [0, 0.05) is 109 Å². The van der Waals surface area contributed by atoms with Gasteiger partial charge in [-0.2, -0.15) is 7.82 Å². The van der Waals surface area contributed by atoms with Crippen molar-refractivity contribution in [2.45, 2.75) is 0 Å². The number of hydrogen-bond donors (Lipinski definition) is 0. The predicted molar refractivity (Wildman–Crippen MR) is 215 cm³/mol. The molecule has 65 heavy (non-hydrogen) atoms. The molecule has 0 unspecified atom stereocenters. The van der Waals surface area contributed by atoms with Gasteiger partial charge in [0.2, 0.25) is 0 Å². The molecule has 0 spiro atoms. The summed E-state index contributed by atoms with van der Waals surface area (Å²) < 4.78 is 8.55. The molecular formula is C45H54F6N9O4P. The van der Waals surface area contributed by atoms with Gasteiger partial charge in [0.05, 0.1) is 0 Å². The third kappa shape index (κ3) is 77.2. The SMILES string of the molecule is O=P([O-])([O-])[O-].[F-].[F-].[F-].[F-].[F-].[F-].c1cc[nH+]cc1.c1cc[nH+]cc1.c1cc[nH+]cc1.c1cc[nH+]cc1.c1cc[nH+]cc1.c1cc[nH+]cc1.c1cc[nH+]cc1.c1cc[nH+]cc1.c1cc[nH+]cc1. The van der Waals surface area contributed by atoms with Crippen LogP contribution in [0.15, 0.2) is 275 Å². The number of nitrogens with one attached hydrogen (secondary N) is 9. The topological polar surface area (TPSA) is 214 Å². The summed E-state index contributed by atoms with van der Waals surface area (Å²) in [4.78, 5) is 51.7. The van der Waals surface area contributed by atoms with E-state index in [1.165, 1.54) is 0 Å². The molecule has 0 bridgehead atoms. The molecule has 9 heterocycles. The Morgan fingerprint density at radius 3 is 0.262 bits per heavy atom. The van der Waals surface area contributed by atoms with Crippen LogP contribution in [-0.4, -0.2) is 0 Å². The zero-order valence-electron chi connectivity index (χ0n) is 34.8. The average molecular weight is 930 g/mol. The summed E-state index contributed by atoms with van der Waals surface area (Å²) in [5.74, 6) is 0. The first-order chi connectivity index (χ1) is 29.0. The van der Waals surface area contributed by atoms with Crippen molar-refractivity contribution in [1.82, 2.24) is 0 Å². The van der Waals surface area contributed by atoms with Crippen LogP contribution in [-0.2, 0) is 4.57 Å². The molecule has 0 radical (unpaired) electrons. The lowest BCUT2D eigenvalue weighted by atomic mass is 10.5. The fraction of sp³-hybridized carbons (Fsp3) is 0. The summed E-state index contributed by atoms with van der Waals surface area (Å²) in [7, 11) is -5.39. The molecule has 0 aliphatic carbocycles. The van der Waals surface area contributed by atoms with Crippen molar-refractivity contribution in [3.8, 4) is 0 Å². The van der Waals surface area contributed by atoms with E-state index in [0.717, 1.165) is 0 Å². The minimum atomic E-state index is -5.39. The second-order valence-electron chi connectivity index (χ2n) is 10.1. The van der Waals surface area contributed by atoms with Gasteiger partial charge in [0.25, 0.3) is 0 Å². The molecule has 0 atom stereocenters. The van der Waals surface area contributed by atoms with Gasteiger partial charge in [0.15, 0.2) is 112 Å². The number of H-pyrrole nitrogens is 9. The lowest BCUT2D eigenvalue weighted by molar-refractivity contribution is -0.432. The van der Waals surface area contributed by atoms with Gasteiger partial charge < -0.3 is 47.5 Å². The van der Waals surface area contributed by atoms with Gasteiger partial charge >= 0.3 is 0 Å². The number of rotatable bonds is 0. The smallest absolute Gasteiger partial charge is 0.166 e. The Hall–Kier alpha value is -7.96. The number of aromatic amines is 9. The van der Waals surface area contributed by atoms with Crippen LogP contribution >= 0.6 is 7.82 Å². The molecule has 0 saturated heterocycles. The molecule has 0 saturated carbocycles. The summed E-state index contributed by atoms with van der Waals surface area (Å²) >= 11 is 0. The van der Waals surface area contributed by atoms with Gasteiger partial charge in [-0.05, 0) is 0 Å². The number of aromatic nitrogens is 9. The highest BCUT2D eigenvalue weighted by Crippen LogP contribution is 2.03. The lowest BCUT2D eigenvalue weighted by Crippen LogP contribution is -3.00. The largest absolute Gasteiger partial charge is 1.00 e. The predicted octanol–water partition coefficient (Wildman–Crippen LogP) is -16.3. The standard InChI is InChI=1S/9C5H5N.6FH.H3O4P/c9*1-2-4-6-5-3-1;;;;;;;1-5(2,3)4/h9*1-5H;6*1H;(H3,1,2,3,4). The van der Waals surface area contributed by atoms with E-state index in [0.29, 0.717) is 0 Å². The second-order valence-corrected chi connectivity index (χ2v) is 11.0. The molecule has 0 aromatic carbocycles. The summed E-state index contributed by atoms with van der Waals surface area (Å²) in [6.45, 7) is 0. The highest BCUT2D eigenvalue weighted by Gasteiger charge is 1.70. The van der Waals surface area contributed by atoms with Gasteiger partial charge in [-0.1, -0.05) is 54.6 Å². The van der Waals surface area contributed by atoms with E-state index in [-0.39, 0.29) is 28.2 Å². The fourth-order valence-electron chi connectivity index (χ4n) is 3.08. The molecule has 20 heteroatoms. The van der Waals surface area contributed by atoms with Gasteiger partial charge in [0.1, 0.15) is 0 Å². The van der Waals surface area contributed by atoms with E-state index in [9.17, 15) is 0 Å². The minimum Gasteiger partial charge on any atom is -1.00 e. The van der Waals surface area contributed by atoms with Crippen LogP contribution in [0.5, 0.6) is 0 Å². The van der Waals surface area contributed by atoms with E-state index in [1.54, 1.807) is 0 Å². The van der Waals surface area contributed by atoms with E-state index < -0.39 is 7.82 Å². The van der Waals surface area contributed by atoms with E-state index in [4.69, 9.17) is 19.2 Å². The first-order valence-electron chi connectivity index (χ1n) is 17.9. The van der Waals surface area contributed by atoms with Crippen molar-refractivity contribution in [3.63, 3.8) is 0 Å². The first-order valence-corrected chi connectivity index (χ1v) is 19.4. The maximum absolute atomic E-state index is 8.55. The molecule has 0 fully saturated rings. The van der Waals surface area contributed by atoms with Crippen LogP contribution in [0.25, 0.3) is 0 Å². The van der Waals surface area contributed by atoms with Crippen LogP contribution in [0.3, 0.4) is 0 Å². The molecule has 350 valence electrons. The Kier molecular flexibility index (Phi) is 69.0. The molecule has 13 nitrogen and oxygen atoms in total. The maximum Gasteiger partial charge on any atom is 0.166 e. The molecule has 0 aliphatic rings.